The Morgan fingerprint density at radius 1 is 1.44 bits per heavy atom. The molecule has 1 aromatic carbocycles. The molecular weight excluding hydrogens is 247 g/mol. The fourth-order valence-corrected chi connectivity index (χ4v) is 2.35. The molecule has 0 spiro atoms. The first-order valence-electron chi connectivity index (χ1n) is 4.63. The number of thiophene rings is 1. The van der Waals surface area contributed by atoms with Gasteiger partial charge in [0, 0.05) is 15.8 Å². The van der Waals surface area contributed by atoms with Gasteiger partial charge in [0.05, 0.1) is 10.6 Å². The van der Waals surface area contributed by atoms with E-state index in [-0.39, 0.29) is 16.4 Å². The molecule has 1 aromatic heterocycles. The van der Waals surface area contributed by atoms with Gasteiger partial charge in [0.2, 0.25) is 0 Å². The van der Waals surface area contributed by atoms with Gasteiger partial charge >= 0.3 is 0 Å². The van der Waals surface area contributed by atoms with Crippen molar-refractivity contribution in [3.05, 3.63) is 56.5 Å². The Morgan fingerprint density at radius 3 is 2.75 bits per heavy atom. The van der Waals surface area contributed by atoms with E-state index in [0.717, 1.165) is 4.88 Å². The summed E-state index contributed by atoms with van der Waals surface area (Å²) < 4.78 is 13.5. The third-order valence-corrected chi connectivity index (χ3v) is 3.36. The van der Waals surface area contributed by atoms with Gasteiger partial charge < -0.3 is 0 Å². The maximum atomic E-state index is 13.5. The smallest absolute Gasteiger partial charge is 0.198 e. The van der Waals surface area contributed by atoms with Crippen molar-refractivity contribution >= 4 is 28.7 Å². The standard InChI is InChI=1S/C12H8ClFOS/c1-7-5-8(6-16-7)12(15)11-9(13)3-2-4-10(11)14/h2-6H,1H3. The highest BCUT2D eigenvalue weighted by Gasteiger charge is 2.18. The van der Waals surface area contributed by atoms with Crippen LogP contribution < -0.4 is 0 Å². The highest BCUT2D eigenvalue weighted by molar-refractivity contribution is 7.10. The zero-order valence-electron chi connectivity index (χ0n) is 8.46. The van der Waals surface area contributed by atoms with Crippen molar-refractivity contribution in [1.29, 1.82) is 0 Å². The van der Waals surface area contributed by atoms with Gasteiger partial charge in [0.25, 0.3) is 0 Å². The lowest BCUT2D eigenvalue weighted by Crippen LogP contribution is -2.03. The highest BCUT2D eigenvalue weighted by atomic mass is 35.5. The molecule has 82 valence electrons. The lowest BCUT2D eigenvalue weighted by atomic mass is 10.1. The van der Waals surface area contributed by atoms with Crippen LogP contribution in [-0.4, -0.2) is 5.78 Å². The van der Waals surface area contributed by atoms with Crippen LogP contribution >= 0.6 is 22.9 Å². The van der Waals surface area contributed by atoms with E-state index in [1.807, 2.05) is 6.92 Å². The van der Waals surface area contributed by atoms with Gasteiger partial charge in [0.1, 0.15) is 5.82 Å². The molecule has 16 heavy (non-hydrogen) atoms. The fourth-order valence-electron chi connectivity index (χ4n) is 1.42. The van der Waals surface area contributed by atoms with Crippen molar-refractivity contribution in [3.63, 3.8) is 0 Å². The topological polar surface area (TPSA) is 17.1 Å². The zero-order chi connectivity index (χ0) is 11.7. The van der Waals surface area contributed by atoms with Crippen LogP contribution in [0.2, 0.25) is 5.02 Å². The van der Waals surface area contributed by atoms with Gasteiger partial charge in [-0.2, -0.15) is 0 Å². The first-order valence-corrected chi connectivity index (χ1v) is 5.89. The van der Waals surface area contributed by atoms with Gasteiger partial charge in [-0.25, -0.2) is 4.39 Å². The molecule has 0 aliphatic rings. The molecule has 0 aliphatic carbocycles. The highest BCUT2D eigenvalue weighted by Crippen LogP contribution is 2.24. The molecule has 0 bridgehead atoms. The second kappa shape index (κ2) is 4.36. The lowest BCUT2D eigenvalue weighted by Gasteiger charge is -2.02. The van der Waals surface area contributed by atoms with E-state index in [4.69, 9.17) is 11.6 Å². The summed E-state index contributed by atoms with van der Waals surface area (Å²) in [6.07, 6.45) is 0. The van der Waals surface area contributed by atoms with Crippen LogP contribution in [0, 0.1) is 12.7 Å². The first-order chi connectivity index (χ1) is 7.59. The van der Waals surface area contributed by atoms with E-state index >= 15 is 0 Å². The number of benzene rings is 1. The summed E-state index contributed by atoms with van der Waals surface area (Å²) in [6, 6.07) is 5.96. The van der Waals surface area contributed by atoms with Crippen LogP contribution in [-0.2, 0) is 0 Å². The number of ketones is 1. The van der Waals surface area contributed by atoms with E-state index in [9.17, 15) is 9.18 Å². The van der Waals surface area contributed by atoms with Gasteiger partial charge in [0.15, 0.2) is 5.78 Å². The number of rotatable bonds is 2. The van der Waals surface area contributed by atoms with E-state index in [0.29, 0.717) is 5.56 Å². The van der Waals surface area contributed by atoms with Crippen LogP contribution in [0.15, 0.2) is 29.6 Å². The number of hydrogen-bond donors (Lipinski definition) is 0. The Bertz CT molecular complexity index is 527. The zero-order valence-corrected chi connectivity index (χ0v) is 10.0. The molecule has 2 aromatic rings. The van der Waals surface area contributed by atoms with E-state index < -0.39 is 5.82 Å². The van der Waals surface area contributed by atoms with Crippen molar-refractivity contribution in [2.45, 2.75) is 6.92 Å². The summed E-state index contributed by atoms with van der Waals surface area (Å²) >= 11 is 7.28. The average molecular weight is 255 g/mol. The van der Waals surface area contributed by atoms with Crippen LogP contribution in [0.5, 0.6) is 0 Å². The molecule has 0 fully saturated rings. The molecule has 0 N–H and O–H groups in total. The summed E-state index contributed by atoms with van der Waals surface area (Å²) in [7, 11) is 0. The van der Waals surface area contributed by atoms with Crippen molar-refractivity contribution in [2.24, 2.45) is 0 Å². The maximum Gasteiger partial charge on any atom is 0.198 e. The number of halogens is 2. The number of carbonyl (C=O) groups excluding carboxylic acids is 1. The molecule has 0 saturated carbocycles. The van der Waals surface area contributed by atoms with Crippen molar-refractivity contribution < 1.29 is 9.18 Å². The van der Waals surface area contributed by atoms with Gasteiger partial charge in [-0.15, -0.1) is 11.3 Å². The summed E-state index contributed by atoms with van der Waals surface area (Å²) in [6.45, 7) is 1.89. The number of hydrogen-bond acceptors (Lipinski definition) is 2. The Morgan fingerprint density at radius 2 is 2.19 bits per heavy atom. The Hall–Kier alpha value is -1.19. The largest absolute Gasteiger partial charge is 0.288 e. The van der Waals surface area contributed by atoms with Gasteiger partial charge in [-0.05, 0) is 25.1 Å². The minimum Gasteiger partial charge on any atom is -0.288 e. The minimum atomic E-state index is -0.582. The third kappa shape index (κ3) is 2.01. The molecule has 0 saturated heterocycles. The predicted octanol–water partition coefficient (Wildman–Crippen LogP) is 4.08. The molecule has 0 atom stereocenters. The van der Waals surface area contributed by atoms with Gasteiger partial charge in [-0.3, -0.25) is 4.79 Å². The van der Waals surface area contributed by atoms with Crippen molar-refractivity contribution in [3.8, 4) is 0 Å². The summed E-state index contributed by atoms with van der Waals surface area (Å²) in [5, 5.41) is 1.86. The SMILES string of the molecule is Cc1cc(C(=O)c2c(F)cccc2Cl)cs1. The Balaban J connectivity index is 2.49. The lowest BCUT2D eigenvalue weighted by molar-refractivity contribution is 0.103. The molecule has 2 rings (SSSR count). The minimum absolute atomic E-state index is 0.0537. The molecule has 4 heteroatoms. The van der Waals surface area contributed by atoms with Crippen molar-refractivity contribution in [1.82, 2.24) is 0 Å². The quantitative estimate of drug-likeness (QED) is 0.738. The summed E-state index contributed by atoms with van der Waals surface area (Å²) in [5.74, 6) is -0.950. The normalized spacial score (nSPS) is 10.4. The molecular formula is C12H8ClFOS. The van der Waals surface area contributed by atoms with Crippen LogP contribution in [0.25, 0.3) is 0 Å². The molecule has 1 heterocycles. The first kappa shape index (κ1) is 11.3. The summed E-state index contributed by atoms with van der Waals surface area (Å²) in [4.78, 5) is 13.0. The van der Waals surface area contributed by atoms with Crippen molar-refractivity contribution in [2.75, 3.05) is 0 Å². The van der Waals surface area contributed by atoms with Crippen LogP contribution in [0.1, 0.15) is 20.8 Å². The second-order valence-corrected chi connectivity index (χ2v) is 4.89. The van der Waals surface area contributed by atoms with Crippen LogP contribution in [0.4, 0.5) is 4.39 Å². The molecule has 0 aliphatic heterocycles. The monoisotopic (exact) mass is 254 g/mol. The number of carbonyl (C=O) groups is 1. The van der Waals surface area contributed by atoms with Crippen LogP contribution in [0.3, 0.4) is 0 Å². The Kier molecular flexibility index (Phi) is 3.08. The molecule has 0 radical (unpaired) electrons. The van der Waals surface area contributed by atoms with E-state index in [2.05, 4.69) is 0 Å². The molecule has 1 nitrogen and oxygen atoms in total. The predicted molar refractivity (Wildman–Crippen MR) is 63.9 cm³/mol. The number of aryl methyl sites for hydroxylation is 1. The van der Waals surface area contributed by atoms with E-state index in [1.54, 1.807) is 11.4 Å². The summed E-state index contributed by atoms with van der Waals surface area (Å²) in [5.41, 5.74) is 0.427. The molecule has 0 amide bonds. The third-order valence-electron chi connectivity index (χ3n) is 2.18. The average Bonchev–Trinajstić information content (AvgIpc) is 2.64. The Labute approximate surface area is 101 Å². The molecule has 0 unspecified atom stereocenters. The maximum absolute atomic E-state index is 13.5. The fraction of sp³-hybridized carbons (Fsp3) is 0.0833. The van der Waals surface area contributed by atoms with E-state index in [1.165, 1.54) is 29.5 Å². The second-order valence-electron chi connectivity index (χ2n) is 3.37. The van der Waals surface area contributed by atoms with Gasteiger partial charge in [-0.1, -0.05) is 17.7 Å².